The molecule has 0 N–H and O–H groups in total. The number of ether oxygens (including phenoxy) is 1. The predicted octanol–water partition coefficient (Wildman–Crippen LogP) is 3.35. The fourth-order valence-electron chi connectivity index (χ4n) is 2.28. The SMILES string of the molecule is CC.Cc1cc(N2CCN(C(=O)OC(C)(C)C)CC2)ncc1C#N. The molecule has 1 aliphatic heterocycles. The molecule has 6 heteroatoms. The highest BCUT2D eigenvalue weighted by atomic mass is 16.6. The van der Waals surface area contributed by atoms with Crippen LogP contribution in [-0.2, 0) is 4.74 Å². The molecule has 0 saturated carbocycles. The van der Waals surface area contributed by atoms with Gasteiger partial charge in [-0.05, 0) is 39.3 Å². The molecule has 2 heterocycles. The molecule has 1 aromatic rings. The summed E-state index contributed by atoms with van der Waals surface area (Å²) in [5.74, 6) is 0.848. The number of pyridine rings is 1. The van der Waals surface area contributed by atoms with Gasteiger partial charge < -0.3 is 14.5 Å². The number of carbonyl (C=O) groups is 1. The first kappa shape index (κ1) is 19.8. The maximum Gasteiger partial charge on any atom is 0.410 e. The summed E-state index contributed by atoms with van der Waals surface area (Å²) in [7, 11) is 0. The average molecular weight is 332 g/mol. The Morgan fingerprint density at radius 3 is 2.29 bits per heavy atom. The number of nitrogens with zero attached hydrogens (tertiary/aromatic N) is 4. The molecule has 1 saturated heterocycles. The first-order valence-corrected chi connectivity index (χ1v) is 8.40. The quantitative estimate of drug-likeness (QED) is 0.789. The van der Waals surface area contributed by atoms with Gasteiger partial charge in [0.2, 0.25) is 0 Å². The molecule has 132 valence electrons. The molecule has 0 unspecified atom stereocenters. The number of hydrogen-bond acceptors (Lipinski definition) is 5. The van der Waals surface area contributed by atoms with Crippen molar-refractivity contribution in [1.29, 1.82) is 5.26 Å². The van der Waals surface area contributed by atoms with Crippen LogP contribution >= 0.6 is 0 Å². The second kappa shape index (κ2) is 8.53. The van der Waals surface area contributed by atoms with Crippen LogP contribution in [0.15, 0.2) is 12.3 Å². The molecule has 0 aromatic carbocycles. The lowest BCUT2D eigenvalue weighted by Crippen LogP contribution is -2.50. The lowest BCUT2D eigenvalue weighted by atomic mass is 10.1. The Morgan fingerprint density at radius 1 is 1.25 bits per heavy atom. The molecule has 2 rings (SSSR count). The van der Waals surface area contributed by atoms with Gasteiger partial charge in [0.25, 0.3) is 0 Å². The van der Waals surface area contributed by atoms with Gasteiger partial charge in [-0.2, -0.15) is 5.26 Å². The van der Waals surface area contributed by atoms with Gasteiger partial charge >= 0.3 is 6.09 Å². The zero-order chi connectivity index (χ0) is 18.3. The standard InChI is InChI=1S/C16H22N4O2.C2H6/c1-12-9-14(18-11-13(12)10-17)19-5-7-20(8-6-19)15(21)22-16(2,3)4;1-2/h9,11H,5-8H2,1-4H3;1-2H3. The minimum Gasteiger partial charge on any atom is -0.444 e. The van der Waals surface area contributed by atoms with Crippen molar-refractivity contribution in [2.45, 2.75) is 47.1 Å². The number of aromatic nitrogens is 1. The smallest absolute Gasteiger partial charge is 0.410 e. The van der Waals surface area contributed by atoms with Crippen molar-refractivity contribution >= 4 is 11.9 Å². The van der Waals surface area contributed by atoms with Crippen molar-refractivity contribution in [1.82, 2.24) is 9.88 Å². The highest BCUT2D eigenvalue weighted by Crippen LogP contribution is 2.18. The average Bonchev–Trinajstić information content (AvgIpc) is 2.55. The first-order chi connectivity index (χ1) is 11.3. The van der Waals surface area contributed by atoms with Crippen molar-refractivity contribution in [3.8, 4) is 6.07 Å². The minimum atomic E-state index is -0.472. The molecule has 6 nitrogen and oxygen atoms in total. The molecule has 0 radical (unpaired) electrons. The first-order valence-electron chi connectivity index (χ1n) is 8.40. The van der Waals surface area contributed by atoms with Crippen molar-refractivity contribution in [3.05, 3.63) is 23.4 Å². The van der Waals surface area contributed by atoms with Gasteiger partial charge in [-0.25, -0.2) is 9.78 Å². The van der Waals surface area contributed by atoms with Crippen molar-refractivity contribution < 1.29 is 9.53 Å². The van der Waals surface area contributed by atoms with Gasteiger partial charge in [0.05, 0.1) is 5.56 Å². The van der Waals surface area contributed by atoms with Crippen molar-refractivity contribution in [3.63, 3.8) is 0 Å². The fraction of sp³-hybridized carbons (Fsp3) is 0.611. The van der Waals surface area contributed by atoms with E-state index in [1.165, 1.54) is 0 Å². The Bertz CT molecular complexity index is 594. The molecule has 1 aromatic heterocycles. The predicted molar refractivity (Wildman–Crippen MR) is 95.1 cm³/mol. The normalized spacial score (nSPS) is 14.4. The van der Waals surface area contributed by atoms with Gasteiger partial charge in [0, 0.05) is 32.4 Å². The number of aryl methyl sites for hydroxylation is 1. The summed E-state index contributed by atoms with van der Waals surface area (Å²) in [5.41, 5.74) is 1.04. The summed E-state index contributed by atoms with van der Waals surface area (Å²) in [6.45, 7) is 14.1. The van der Waals surface area contributed by atoms with E-state index < -0.39 is 5.60 Å². The number of amides is 1. The highest BCUT2D eigenvalue weighted by Gasteiger charge is 2.26. The van der Waals surface area contributed by atoms with E-state index in [1.807, 2.05) is 47.6 Å². The van der Waals surface area contributed by atoms with Crippen molar-refractivity contribution in [2.75, 3.05) is 31.1 Å². The van der Waals surface area contributed by atoms with Crippen LogP contribution < -0.4 is 4.90 Å². The van der Waals surface area contributed by atoms with Gasteiger partial charge in [-0.1, -0.05) is 13.8 Å². The summed E-state index contributed by atoms with van der Waals surface area (Å²) in [6.07, 6.45) is 1.33. The Labute approximate surface area is 145 Å². The number of carbonyl (C=O) groups excluding carboxylic acids is 1. The van der Waals surface area contributed by atoms with Gasteiger partial charge in [-0.3, -0.25) is 0 Å². The van der Waals surface area contributed by atoms with E-state index in [4.69, 9.17) is 10.00 Å². The van der Waals surface area contributed by atoms with E-state index in [0.29, 0.717) is 31.7 Å². The molecular weight excluding hydrogens is 304 g/mol. The summed E-state index contributed by atoms with van der Waals surface area (Å²) in [5, 5.41) is 8.95. The van der Waals surface area contributed by atoms with Crippen LogP contribution in [-0.4, -0.2) is 47.8 Å². The molecular formula is C18H28N4O2. The monoisotopic (exact) mass is 332 g/mol. The van der Waals surface area contributed by atoms with E-state index in [0.717, 1.165) is 11.4 Å². The molecule has 0 bridgehead atoms. The lowest BCUT2D eigenvalue weighted by molar-refractivity contribution is 0.0240. The molecule has 0 atom stereocenters. The molecule has 24 heavy (non-hydrogen) atoms. The van der Waals surface area contributed by atoms with Crippen LogP contribution in [0.2, 0.25) is 0 Å². The van der Waals surface area contributed by atoms with E-state index in [-0.39, 0.29) is 6.09 Å². The highest BCUT2D eigenvalue weighted by molar-refractivity contribution is 5.68. The van der Waals surface area contributed by atoms with Crippen LogP contribution in [0.25, 0.3) is 0 Å². The Balaban J connectivity index is 0.00000139. The zero-order valence-electron chi connectivity index (χ0n) is 15.6. The topological polar surface area (TPSA) is 69.5 Å². The van der Waals surface area contributed by atoms with E-state index >= 15 is 0 Å². The summed E-state index contributed by atoms with van der Waals surface area (Å²) in [6, 6.07) is 4.04. The van der Waals surface area contributed by atoms with Crippen LogP contribution in [0.3, 0.4) is 0 Å². The Hall–Kier alpha value is -2.29. The Kier molecular flexibility index (Phi) is 7.02. The zero-order valence-corrected chi connectivity index (χ0v) is 15.6. The molecule has 1 aliphatic rings. The second-order valence-electron chi connectivity index (χ2n) is 6.42. The molecule has 1 fully saturated rings. The van der Waals surface area contributed by atoms with Crippen LogP contribution in [0.1, 0.15) is 45.7 Å². The van der Waals surface area contributed by atoms with E-state index in [9.17, 15) is 4.79 Å². The maximum atomic E-state index is 12.0. The Morgan fingerprint density at radius 2 is 1.83 bits per heavy atom. The minimum absolute atomic E-state index is 0.267. The van der Waals surface area contributed by atoms with Gasteiger partial charge in [0.15, 0.2) is 0 Å². The maximum absolute atomic E-state index is 12.0. The summed E-state index contributed by atoms with van der Waals surface area (Å²) >= 11 is 0. The number of nitriles is 1. The van der Waals surface area contributed by atoms with Crippen molar-refractivity contribution in [2.24, 2.45) is 0 Å². The third kappa shape index (κ3) is 5.41. The molecule has 1 amide bonds. The van der Waals surface area contributed by atoms with Gasteiger partial charge in [0.1, 0.15) is 17.5 Å². The third-order valence-corrected chi connectivity index (χ3v) is 3.47. The second-order valence-corrected chi connectivity index (χ2v) is 6.42. The number of piperazine rings is 1. The largest absolute Gasteiger partial charge is 0.444 e. The van der Waals surface area contributed by atoms with Crippen LogP contribution in [0.4, 0.5) is 10.6 Å². The van der Waals surface area contributed by atoms with E-state index in [1.54, 1.807) is 11.1 Å². The lowest BCUT2D eigenvalue weighted by Gasteiger charge is -2.36. The van der Waals surface area contributed by atoms with Crippen LogP contribution in [0, 0.1) is 18.3 Å². The van der Waals surface area contributed by atoms with Crippen LogP contribution in [0.5, 0.6) is 0 Å². The molecule has 0 spiro atoms. The van der Waals surface area contributed by atoms with E-state index in [2.05, 4.69) is 16.0 Å². The summed E-state index contributed by atoms with van der Waals surface area (Å²) < 4.78 is 5.38. The third-order valence-electron chi connectivity index (χ3n) is 3.47. The molecule has 0 aliphatic carbocycles. The number of hydrogen-bond donors (Lipinski definition) is 0. The number of anilines is 1. The summed E-state index contributed by atoms with van der Waals surface area (Å²) in [4.78, 5) is 20.2. The fourth-order valence-corrected chi connectivity index (χ4v) is 2.28. The van der Waals surface area contributed by atoms with Gasteiger partial charge in [-0.15, -0.1) is 0 Å². The number of rotatable bonds is 1.